The molecule has 0 aliphatic rings. The predicted molar refractivity (Wildman–Crippen MR) is 141 cm³/mol. The standard InChI is InChI=1S/C28H32BrNO5/c1-19(21-9-7-6-8-10-21)30(14-13-20-11-12-24(32-2)25(15-20)33-3)28(31)17-22-16-26(34-4)27(35-5)18-23(22)29/h6-12,15-16,18-19H,13-14,17H2,1-5H3/t19-/m1/s1. The molecule has 6 nitrogen and oxygen atoms in total. The van der Waals surface area contributed by atoms with Crippen LogP contribution in [0.1, 0.15) is 29.7 Å². The van der Waals surface area contributed by atoms with Crippen LogP contribution in [-0.4, -0.2) is 45.8 Å². The Hall–Kier alpha value is -3.19. The maximum atomic E-state index is 13.7. The van der Waals surface area contributed by atoms with Crippen molar-refractivity contribution in [2.24, 2.45) is 0 Å². The van der Waals surface area contributed by atoms with Crippen molar-refractivity contribution in [1.29, 1.82) is 0 Å². The molecule has 186 valence electrons. The molecular weight excluding hydrogens is 510 g/mol. The van der Waals surface area contributed by atoms with Crippen LogP contribution >= 0.6 is 15.9 Å². The van der Waals surface area contributed by atoms with Crippen LogP contribution in [0, 0.1) is 0 Å². The Bertz CT molecular complexity index is 1140. The highest BCUT2D eigenvalue weighted by atomic mass is 79.9. The first-order valence-electron chi connectivity index (χ1n) is 11.4. The second-order valence-electron chi connectivity index (χ2n) is 8.09. The minimum atomic E-state index is -0.0947. The third-order valence-corrected chi connectivity index (χ3v) is 6.79. The van der Waals surface area contributed by atoms with E-state index in [4.69, 9.17) is 18.9 Å². The van der Waals surface area contributed by atoms with Crippen molar-refractivity contribution in [3.05, 3.63) is 81.8 Å². The fourth-order valence-corrected chi connectivity index (χ4v) is 4.49. The Morgan fingerprint density at radius 2 is 1.43 bits per heavy atom. The van der Waals surface area contributed by atoms with E-state index in [2.05, 4.69) is 22.9 Å². The van der Waals surface area contributed by atoms with Crippen LogP contribution < -0.4 is 18.9 Å². The zero-order chi connectivity index (χ0) is 25.4. The lowest BCUT2D eigenvalue weighted by atomic mass is 10.0. The lowest BCUT2D eigenvalue weighted by Gasteiger charge is -2.30. The molecule has 0 aromatic heterocycles. The summed E-state index contributed by atoms with van der Waals surface area (Å²) < 4.78 is 22.4. The third kappa shape index (κ3) is 6.48. The van der Waals surface area contributed by atoms with Gasteiger partial charge in [0.05, 0.1) is 40.9 Å². The second-order valence-corrected chi connectivity index (χ2v) is 8.94. The van der Waals surface area contributed by atoms with Gasteiger partial charge in [-0.2, -0.15) is 0 Å². The van der Waals surface area contributed by atoms with Crippen molar-refractivity contribution in [3.63, 3.8) is 0 Å². The highest BCUT2D eigenvalue weighted by molar-refractivity contribution is 9.10. The van der Waals surface area contributed by atoms with Gasteiger partial charge in [0.1, 0.15) is 0 Å². The van der Waals surface area contributed by atoms with Crippen molar-refractivity contribution >= 4 is 21.8 Å². The highest BCUT2D eigenvalue weighted by Crippen LogP contribution is 2.34. The number of benzene rings is 3. The van der Waals surface area contributed by atoms with Crippen LogP contribution in [0.15, 0.2) is 65.1 Å². The van der Waals surface area contributed by atoms with Gasteiger partial charge in [-0.05, 0) is 54.3 Å². The van der Waals surface area contributed by atoms with E-state index in [0.29, 0.717) is 36.0 Å². The van der Waals surface area contributed by atoms with E-state index in [0.717, 1.165) is 21.2 Å². The van der Waals surface area contributed by atoms with Gasteiger partial charge in [-0.25, -0.2) is 0 Å². The average Bonchev–Trinajstić information content (AvgIpc) is 2.89. The smallest absolute Gasteiger partial charge is 0.227 e. The minimum absolute atomic E-state index is 0.0229. The summed E-state index contributed by atoms with van der Waals surface area (Å²) in [6.07, 6.45) is 0.903. The van der Waals surface area contributed by atoms with Crippen LogP contribution in [0.2, 0.25) is 0 Å². The first-order valence-corrected chi connectivity index (χ1v) is 12.2. The molecule has 0 saturated carbocycles. The van der Waals surface area contributed by atoms with Crippen molar-refractivity contribution in [1.82, 2.24) is 4.90 Å². The first-order chi connectivity index (χ1) is 16.9. The summed E-state index contributed by atoms with van der Waals surface area (Å²) in [5, 5.41) is 0. The Balaban J connectivity index is 1.87. The normalized spacial score (nSPS) is 11.5. The quantitative estimate of drug-likeness (QED) is 0.304. The Labute approximate surface area is 215 Å². The van der Waals surface area contributed by atoms with Crippen LogP contribution in [0.4, 0.5) is 0 Å². The van der Waals surface area contributed by atoms with E-state index in [1.165, 1.54) is 0 Å². The van der Waals surface area contributed by atoms with Crippen LogP contribution in [-0.2, 0) is 17.6 Å². The molecule has 3 rings (SSSR count). The predicted octanol–water partition coefficient (Wildman–Crippen LogP) is 5.86. The molecule has 1 atom stereocenters. The number of nitrogens with zero attached hydrogens (tertiary/aromatic N) is 1. The van der Waals surface area contributed by atoms with Crippen molar-refractivity contribution in [3.8, 4) is 23.0 Å². The molecule has 0 spiro atoms. The molecular formula is C28H32BrNO5. The molecule has 3 aromatic carbocycles. The van der Waals surface area contributed by atoms with Gasteiger partial charge >= 0.3 is 0 Å². The molecule has 3 aromatic rings. The van der Waals surface area contributed by atoms with Gasteiger partial charge in [-0.3, -0.25) is 4.79 Å². The van der Waals surface area contributed by atoms with E-state index in [1.807, 2.05) is 65.6 Å². The number of carbonyl (C=O) groups is 1. The van der Waals surface area contributed by atoms with Gasteiger partial charge in [0.25, 0.3) is 0 Å². The van der Waals surface area contributed by atoms with Gasteiger partial charge in [0, 0.05) is 11.0 Å². The zero-order valence-corrected chi connectivity index (χ0v) is 22.4. The van der Waals surface area contributed by atoms with Crippen LogP contribution in [0.5, 0.6) is 23.0 Å². The summed E-state index contributed by atoms with van der Waals surface area (Å²) in [5.41, 5.74) is 2.98. The second kappa shape index (κ2) is 12.5. The van der Waals surface area contributed by atoms with Crippen molar-refractivity contribution in [2.75, 3.05) is 35.0 Å². The number of hydrogen-bond donors (Lipinski definition) is 0. The summed E-state index contributed by atoms with van der Waals surface area (Å²) in [4.78, 5) is 15.6. The number of rotatable bonds is 11. The molecule has 0 aliphatic heterocycles. The largest absolute Gasteiger partial charge is 0.493 e. The molecule has 0 radical (unpaired) electrons. The molecule has 7 heteroatoms. The summed E-state index contributed by atoms with van der Waals surface area (Å²) >= 11 is 3.58. The Kier molecular flexibility index (Phi) is 9.43. The van der Waals surface area contributed by atoms with Crippen molar-refractivity contribution < 1.29 is 23.7 Å². The number of hydrogen-bond acceptors (Lipinski definition) is 5. The summed E-state index contributed by atoms with van der Waals surface area (Å²) in [6.45, 7) is 2.61. The molecule has 1 amide bonds. The van der Waals surface area contributed by atoms with E-state index >= 15 is 0 Å². The Morgan fingerprint density at radius 1 is 0.829 bits per heavy atom. The number of ether oxygens (including phenoxy) is 4. The number of carbonyl (C=O) groups excluding carboxylic acids is 1. The van der Waals surface area contributed by atoms with E-state index in [1.54, 1.807) is 28.4 Å². The Morgan fingerprint density at radius 3 is 2.06 bits per heavy atom. The average molecular weight is 542 g/mol. The maximum Gasteiger partial charge on any atom is 0.227 e. The summed E-state index contributed by atoms with van der Waals surface area (Å²) in [6, 6.07) is 19.5. The maximum absolute atomic E-state index is 13.7. The minimum Gasteiger partial charge on any atom is -0.493 e. The van der Waals surface area contributed by atoms with Gasteiger partial charge in [0.2, 0.25) is 5.91 Å². The monoisotopic (exact) mass is 541 g/mol. The lowest BCUT2D eigenvalue weighted by Crippen LogP contribution is -2.36. The summed E-state index contributed by atoms with van der Waals surface area (Å²) in [5.74, 6) is 2.58. The molecule has 0 fully saturated rings. The van der Waals surface area contributed by atoms with E-state index < -0.39 is 0 Å². The topological polar surface area (TPSA) is 57.2 Å². The van der Waals surface area contributed by atoms with Gasteiger partial charge in [-0.15, -0.1) is 0 Å². The number of halogens is 1. The fraction of sp³-hybridized carbons (Fsp3) is 0.321. The molecule has 0 unspecified atom stereocenters. The molecule has 0 aliphatic carbocycles. The van der Waals surface area contributed by atoms with Crippen LogP contribution in [0.25, 0.3) is 0 Å². The van der Waals surface area contributed by atoms with Crippen LogP contribution in [0.3, 0.4) is 0 Å². The zero-order valence-electron chi connectivity index (χ0n) is 20.8. The lowest BCUT2D eigenvalue weighted by molar-refractivity contribution is -0.132. The van der Waals surface area contributed by atoms with Crippen molar-refractivity contribution in [2.45, 2.75) is 25.8 Å². The molecule has 35 heavy (non-hydrogen) atoms. The molecule has 0 N–H and O–H groups in total. The number of methoxy groups -OCH3 is 4. The molecule has 0 saturated heterocycles. The van der Waals surface area contributed by atoms with Gasteiger partial charge < -0.3 is 23.8 Å². The molecule has 0 heterocycles. The van der Waals surface area contributed by atoms with Gasteiger partial charge in [-0.1, -0.05) is 52.3 Å². The van der Waals surface area contributed by atoms with Gasteiger partial charge in [0.15, 0.2) is 23.0 Å². The summed E-state index contributed by atoms with van der Waals surface area (Å²) in [7, 11) is 6.42. The third-order valence-electron chi connectivity index (χ3n) is 6.05. The number of amides is 1. The van der Waals surface area contributed by atoms with E-state index in [9.17, 15) is 4.79 Å². The SMILES string of the molecule is COc1ccc(CCN(C(=O)Cc2cc(OC)c(OC)cc2Br)[C@H](C)c2ccccc2)cc1OC. The highest BCUT2D eigenvalue weighted by Gasteiger charge is 2.23. The fourth-order valence-electron chi connectivity index (χ4n) is 4.03. The van der Waals surface area contributed by atoms with E-state index in [-0.39, 0.29) is 18.4 Å². The molecule has 0 bridgehead atoms. The first kappa shape index (κ1) is 26.4.